The minimum absolute atomic E-state index is 0.0354. The summed E-state index contributed by atoms with van der Waals surface area (Å²) in [7, 11) is 0. The van der Waals surface area contributed by atoms with E-state index in [1.807, 2.05) is 0 Å². The van der Waals surface area contributed by atoms with Crippen molar-refractivity contribution in [2.75, 3.05) is 17.2 Å². The number of aromatic nitrogens is 2. The van der Waals surface area contributed by atoms with Gasteiger partial charge in [-0.15, -0.1) is 0 Å². The molecule has 1 heterocycles. The lowest BCUT2D eigenvalue weighted by atomic mass is 9.99. The SMILES string of the molecule is CCCNc1ncc(Br)c(NC(C)(C)CCC)n1. The number of rotatable bonds is 7. The standard InChI is InChI=1S/C13H23BrN4/c1-5-7-13(3,4)18-11-10(14)9-16-12(17-11)15-8-6-2/h9H,5-8H2,1-4H3,(H2,15,16,17,18). The molecule has 1 aromatic heterocycles. The van der Waals surface area contributed by atoms with Crippen LogP contribution in [0.5, 0.6) is 0 Å². The van der Waals surface area contributed by atoms with Crippen LogP contribution in [0, 0.1) is 0 Å². The zero-order valence-electron chi connectivity index (χ0n) is 11.7. The van der Waals surface area contributed by atoms with Crippen molar-refractivity contribution in [2.45, 2.75) is 52.5 Å². The molecule has 0 bridgehead atoms. The maximum Gasteiger partial charge on any atom is 0.224 e. The van der Waals surface area contributed by atoms with E-state index in [-0.39, 0.29) is 5.54 Å². The van der Waals surface area contributed by atoms with E-state index in [9.17, 15) is 0 Å². The summed E-state index contributed by atoms with van der Waals surface area (Å²) < 4.78 is 0.897. The van der Waals surface area contributed by atoms with Gasteiger partial charge in [-0.1, -0.05) is 20.3 Å². The van der Waals surface area contributed by atoms with E-state index in [0.717, 1.165) is 36.1 Å². The highest BCUT2D eigenvalue weighted by atomic mass is 79.9. The molecule has 1 rings (SSSR count). The fourth-order valence-electron chi connectivity index (χ4n) is 1.78. The molecule has 0 unspecified atom stereocenters. The first-order valence-electron chi connectivity index (χ1n) is 6.53. The minimum atomic E-state index is 0.0354. The molecule has 0 aromatic carbocycles. The molecule has 0 saturated carbocycles. The van der Waals surface area contributed by atoms with Gasteiger partial charge in [0.2, 0.25) is 5.95 Å². The lowest BCUT2D eigenvalue weighted by molar-refractivity contribution is 0.508. The zero-order chi connectivity index (χ0) is 13.6. The smallest absolute Gasteiger partial charge is 0.224 e. The predicted octanol–water partition coefficient (Wildman–Crippen LogP) is 4.05. The Bertz CT molecular complexity index is 379. The number of halogens is 1. The molecular weight excluding hydrogens is 292 g/mol. The largest absolute Gasteiger partial charge is 0.364 e. The Morgan fingerprint density at radius 1 is 1.28 bits per heavy atom. The summed E-state index contributed by atoms with van der Waals surface area (Å²) in [4.78, 5) is 8.74. The number of hydrogen-bond donors (Lipinski definition) is 2. The normalized spacial score (nSPS) is 11.4. The van der Waals surface area contributed by atoms with Crippen molar-refractivity contribution in [2.24, 2.45) is 0 Å². The van der Waals surface area contributed by atoms with Crippen LogP contribution in [0.4, 0.5) is 11.8 Å². The summed E-state index contributed by atoms with van der Waals surface area (Å²) in [5, 5.41) is 6.66. The van der Waals surface area contributed by atoms with Crippen molar-refractivity contribution in [3.8, 4) is 0 Å². The van der Waals surface area contributed by atoms with Gasteiger partial charge < -0.3 is 10.6 Å². The van der Waals surface area contributed by atoms with Crippen LogP contribution in [0.15, 0.2) is 10.7 Å². The minimum Gasteiger partial charge on any atom is -0.364 e. The second kappa shape index (κ2) is 6.92. The topological polar surface area (TPSA) is 49.8 Å². The van der Waals surface area contributed by atoms with Crippen LogP contribution >= 0.6 is 15.9 Å². The van der Waals surface area contributed by atoms with Crippen molar-refractivity contribution in [1.29, 1.82) is 0 Å². The van der Waals surface area contributed by atoms with Crippen LogP contribution in [-0.4, -0.2) is 22.1 Å². The molecule has 18 heavy (non-hydrogen) atoms. The number of nitrogens with one attached hydrogen (secondary N) is 2. The summed E-state index contributed by atoms with van der Waals surface area (Å²) >= 11 is 3.49. The van der Waals surface area contributed by atoms with Crippen LogP contribution in [0.3, 0.4) is 0 Å². The summed E-state index contributed by atoms with van der Waals surface area (Å²) in [5.74, 6) is 1.52. The first-order valence-corrected chi connectivity index (χ1v) is 7.32. The molecule has 0 aliphatic heterocycles. The van der Waals surface area contributed by atoms with Gasteiger partial charge in [0.05, 0.1) is 4.47 Å². The monoisotopic (exact) mass is 314 g/mol. The summed E-state index contributed by atoms with van der Waals surface area (Å²) in [5.41, 5.74) is 0.0354. The number of nitrogens with zero attached hydrogens (tertiary/aromatic N) is 2. The van der Waals surface area contributed by atoms with Crippen LogP contribution in [-0.2, 0) is 0 Å². The lowest BCUT2D eigenvalue weighted by Gasteiger charge is -2.27. The highest BCUT2D eigenvalue weighted by Gasteiger charge is 2.18. The molecule has 102 valence electrons. The van der Waals surface area contributed by atoms with Crippen molar-refractivity contribution in [1.82, 2.24) is 9.97 Å². The van der Waals surface area contributed by atoms with Gasteiger partial charge in [-0.3, -0.25) is 0 Å². The average molecular weight is 315 g/mol. The third-order valence-corrected chi connectivity index (χ3v) is 3.19. The van der Waals surface area contributed by atoms with Gasteiger partial charge in [-0.2, -0.15) is 4.98 Å². The average Bonchev–Trinajstić information content (AvgIpc) is 2.29. The van der Waals surface area contributed by atoms with E-state index in [1.165, 1.54) is 0 Å². The summed E-state index contributed by atoms with van der Waals surface area (Å²) in [6.07, 6.45) is 5.09. The van der Waals surface area contributed by atoms with Crippen molar-refractivity contribution < 1.29 is 0 Å². The van der Waals surface area contributed by atoms with Gasteiger partial charge in [0, 0.05) is 18.3 Å². The highest BCUT2D eigenvalue weighted by molar-refractivity contribution is 9.10. The predicted molar refractivity (Wildman–Crippen MR) is 81.1 cm³/mol. The van der Waals surface area contributed by atoms with E-state index in [1.54, 1.807) is 6.20 Å². The maximum atomic E-state index is 4.50. The van der Waals surface area contributed by atoms with Crippen molar-refractivity contribution >= 4 is 27.7 Å². The highest BCUT2D eigenvalue weighted by Crippen LogP contribution is 2.25. The second-order valence-corrected chi connectivity index (χ2v) is 5.93. The second-order valence-electron chi connectivity index (χ2n) is 5.08. The van der Waals surface area contributed by atoms with E-state index >= 15 is 0 Å². The van der Waals surface area contributed by atoms with Crippen LogP contribution < -0.4 is 10.6 Å². The Hall–Kier alpha value is -0.840. The fraction of sp³-hybridized carbons (Fsp3) is 0.692. The van der Waals surface area contributed by atoms with Crippen molar-refractivity contribution in [3.05, 3.63) is 10.7 Å². The molecule has 0 aliphatic rings. The summed E-state index contributed by atoms with van der Waals surface area (Å²) in [6, 6.07) is 0. The summed E-state index contributed by atoms with van der Waals surface area (Å²) in [6.45, 7) is 9.57. The number of hydrogen-bond acceptors (Lipinski definition) is 4. The van der Waals surface area contributed by atoms with E-state index in [2.05, 4.69) is 64.2 Å². The molecule has 0 aliphatic carbocycles. The third kappa shape index (κ3) is 4.80. The van der Waals surface area contributed by atoms with Crippen LogP contribution in [0.2, 0.25) is 0 Å². The molecule has 1 aromatic rings. The zero-order valence-corrected chi connectivity index (χ0v) is 13.3. The Morgan fingerprint density at radius 2 is 2.00 bits per heavy atom. The third-order valence-electron chi connectivity index (χ3n) is 2.61. The quantitative estimate of drug-likeness (QED) is 0.797. The first kappa shape index (κ1) is 15.2. The Morgan fingerprint density at radius 3 is 2.61 bits per heavy atom. The molecule has 4 nitrogen and oxygen atoms in total. The molecule has 5 heteroatoms. The number of anilines is 2. The van der Waals surface area contributed by atoms with Crippen molar-refractivity contribution in [3.63, 3.8) is 0 Å². The molecule has 0 radical (unpaired) electrons. The maximum absolute atomic E-state index is 4.50. The molecular formula is C13H23BrN4. The van der Waals surface area contributed by atoms with Gasteiger partial charge in [0.15, 0.2) is 0 Å². The van der Waals surface area contributed by atoms with Gasteiger partial charge in [-0.05, 0) is 42.6 Å². The molecule has 0 fully saturated rings. The molecule has 2 N–H and O–H groups in total. The molecule has 0 amide bonds. The van der Waals surface area contributed by atoms with Gasteiger partial charge in [-0.25, -0.2) is 4.98 Å². The van der Waals surface area contributed by atoms with Gasteiger partial charge in [0.1, 0.15) is 5.82 Å². The Kier molecular flexibility index (Phi) is 5.85. The molecule has 0 saturated heterocycles. The van der Waals surface area contributed by atoms with Crippen LogP contribution in [0.25, 0.3) is 0 Å². The lowest BCUT2D eigenvalue weighted by Crippen LogP contribution is -2.31. The Labute approximate surface area is 118 Å². The first-order chi connectivity index (χ1) is 8.48. The fourth-order valence-corrected chi connectivity index (χ4v) is 2.07. The van der Waals surface area contributed by atoms with E-state index < -0.39 is 0 Å². The van der Waals surface area contributed by atoms with E-state index in [4.69, 9.17) is 0 Å². The van der Waals surface area contributed by atoms with Crippen LogP contribution in [0.1, 0.15) is 47.0 Å². The van der Waals surface area contributed by atoms with E-state index in [0.29, 0.717) is 5.95 Å². The molecule has 0 atom stereocenters. The Balaban J connectivity index is 2.80. The van der Waals surface area contributed by atoms with Gasteiger partial charge in [0.25, 0.3) is 0 Å². The van der Waals surface area contributed by atoms with Gasteiger partial charge >= 0.3 is 0 Å². The molecule has 0 spiro atoms.